The molecule has 106 valence electrons. The first kappa shape index (κ1) is 14.7. The number of halogens is 2. The van der Waals surface area contributed by atoms with Crippen LogP contribution in [0.15, 0.2) is 39.7 Å². The van der Waals surface area contributed by atoms with E-state index in [1.807, 2.05) is 13.8 Å². The zero-order chi connectivity index (χ0) is 14.7. The summed E-state index contributed by atoms with van der Waals surface area (Å²) in [6.07, 6.45) is 1.61. The van der Waals surface area contributed by atoms with Crippen LogP contribution in [0, 0.1) is 5.82 Å². The Morgan fingerprint density at radius 1 is 1.35 bits per heavy atom. The molecule has 0 radical (unpaired) electrons. The van der Waals surface area contributed by atoms with Crippen molar-refractivity contribution in [1.82, 2.24) is 9.78 Å². The summed E-state index contributed by atoms with van der Waals surface area (Å²) in [5, 5.41) is 7.23. The van der Waals surface area contributed by atoms with Crippen LogP contribution in [0.1, 0.15) is 25.5 Å². The van der Waals surface area contributed by atoms with Gasteiger partial charge in [0, 0.05) is 6.54 Å². The molecule has 1 N–H and O–H groups in total. The van der Waals surface area contributed by atoms with E-state index in [9.17, 15) is 9.18 Å². The van der Waals surface area contributed by atoms with Crippen LogP contribution in [0.2, 0.25) is 0 Å². The molecular formula is C14H15BrFN3O. The summed E-state index contributed by atoms with van der Waals surface area (Å²) in [6.45, 7) is 4.28. The third-order valence-electron chi connectivity index (χ3n) is 2.83. The minimum Gasteiger partial charge on any atom is -0.379 e. The molecule has 0 bridgehead atoms. The Bertz CT molecular complexity index is 652. The van der Waals surface area contributed by atoms with Crippen molar-refractivity contribution in [2.45, 2.75) is 26.4 Å². The largest absolute Gasteiger partial charge is 0.379 e. The SMILES string of the molecule is CC(C)n1ncc(NCc2ccc(F)cc2)c(Br)c1=O. The Hall–Kier alpha value is -1.69. The minimum atomic E-state index is -0.267. The van der Waals surface area contributed by atoms with Gasteiger partial charge < -0.3 is 5.32 Å². The van der Waals surface area contributed by atoms with Crippen LogP contribution in [0.4, 0.5) is 10.1 Å². The second-order valence-corrected chi connectivity index (χ2v) is 5.49. The van der Waals surface area contributed by atoms with E-state index in [1.165, 1.54) is 16.8 Å². The molecule has 4 nitrogen and oxygen atoms in total. The molecule has 2 aromatic rings. The number of rotatable bonds is 4. The van der Waals surface area contributed by atoms with Gasteiger partial charge in [0.05, 0.1) is 17.9 Å². The van der Waals surface area contributed by atoms with Crippen LogP contribution in [-0.2, 0) is 6.54 Å². The minimum absolute atomic E-state index is 0.00458. The molecule has 0 saturated heterocycles. The van der Waals surface area contributed by atoms with Crippen LogP contribution in [-0.4, -0.2) is 9.78 Å². The van der Waals surface area contributed by atoms with Crippen molar-refractivity contribution in [1.29, 1.82) is 0 Å². The molecule has 0 spiro atoms. The lowest BCUT2D eigenvalue weighted by Gasteiger charge is -2.12. The van der Waals surface area contributed by atoms with E-state index >= 15 is 0 Å². The van der Waals surface area contributed by atoms with Crippen LogP contribution in [0.5, 0.6) is 0 Å². The molecular weight excluding hydrogens is 325 g/mol. The number of anilines is 1. The van der Waals surface area contributed by atoms with E-state index in [0.717, 1.165) is 5.56 Å². The van der Waals surface area contributed by atoms with Gasteiger partial charge in [-0.05, 0) is 47.5 Å². The van der Waals surface area contributed by atoms with Crippen molar-refractivity contribution < 1.29 is 4.39 Å². The summed E-state index contributed by atoms with van der Waals surface area (Å²) in [4.78, 5) is 12.1. The first-order chi connectivity index (χ1) is 9.49. The van der Waals surface area contributed by atoms with Crippen molar-refractivity contribution in [2.75, 3.05) is 5.32 Å². The van der Waals surface area contributed by atoms with Crippen molar-refractivity contribution in [3.63, 3.8) is 0 Å². The van der Waals surface area contributed by atoms with Gasteiger partial charge in [0.2, 0.25) is 0 Å². The summed E-state index contributed by atoms with van der Waals surface area (Å²) < 4.78 is 14.7. The van der Waals surface area contributed by atoms with Gasteiger partial charge in [-0.2, -0.15) is 5.10 Å². The Kier molecular flexibility index (Phi) is 4.54. The Labute approximate surface area is 124 Å². The molecule has 0 aliphatic rings. The fourth-order valence-corrected chi connectivity index (χ4v) is 2.16. The smallest absolute Gasteiger partial charge is 0.283 e. The first-order valence-corrected chi connectivity index (χ1v) is 7.04. The molecule has 0 aliphatic carbocycles. The van der Waals surface area contributed by atoms with Crippen LogP contribution >= 0.6 is 15.9 Å². The van der Waals surface area contributed by atoms with Gasteiger partial charge in [-0.3, -0.25) is 4.79 Å². The average Bonchev–Trinajstić information content (AvgIpc) is 2.42. The van der Waals surface area contributed by atoms with Crippen molar-refractivity contribution in [3.8, 4) is 0 Å². The molecule has 0 amide bonds. The van der Waals surface area contributed by atoms with Crippen LogP contribution in [0.25, 0.3) is 0 Å². The fourth-order valence-electron chi connectivity index (χ4n) is 1.74. The van der Waals surface area contributed by atoms with Gasteiger partial charge in [0.25, 0.3) is 5.56 Å². The summed E-state index contributed by atoms with van der Waals surface area (Å²) >= 11 is 3.29. The normalized spacial score (nSPS) is 10.8. The maximum Gasteiger partial charge on any atom is 0.283 e. The lowest BCUT2D eigenvalue weighted by atomic mass is 10.2. The fraction of sp³-hybridized carbons (Fsp3) is 0.286. The average molecular weight is 340 g/mol. The second-order valence-electron chi connectivity index (χ2n) is 4.70. The van der Waals surface area contributed by atoms with E-state index < -0.39 is 0 Å². The number of hydrogen-bond donors (Lipinski definition) is 1. The van der Waals surface area contributed by atoms with Crippen molar-refractivity contribution >= 4 is 21.6 Å². The zero-order valence-corrected chi connectivity index (χ0v) is 12.8. The molecule has 1 aromatic carbocycles. The van der Waals surface area contributed by atoms with Gasteiger partial charge in [-0.1, -0.05) is 12.1 Å². The summed E-state index contributed by atoms with van der Waals surface area (Å²) in [5.41, 5.74) is 1.37. The molecule has 0 atom stereocenters. The summed E-state index contributed by atoms with van der Waals surface area (Å²) in [5.74, 6) is -0.267. The summed E-state index contributed by atoms with van der Waals surface area (Å²) in [6, 6.07) is 6.20. The second kappa shape index (κ2) is 6.17. The number of nitrogens with zero attached hydrogens (tertiary/aromatic N) is 2. The van der Waals surface area contributed by atoms with E-state index in [0.29, 0.717) is 16.7 Å². The number of aromatic nitrogens is 2. The Balaban J connectivity index is 2.16. The van der Waals surface area contributed by atoms with Gasteiger partial charge >= 0.3 is 0 Å². The summed E-state index contributed by atoms with van der Waals surface area (Å²) in [7, 11) is 0. The standard InChI is InChI=1S/C14H15BrFN3O/c1-9(2)19-14(20)13(15)12(8-18-19)17-7-10-3-5-11(16)6-4-10/h3-6,8-9,17H,7H2,1-2H3. The highest BCUT2D eigenvalue weighted by molar-refractivity contribution is 9.10. The van der Waals surface area contributed by atoms with Gasteiger partial charge in [-0.15, -0.1) is 0 Å². The quantitative estimate of drug-likeness (QED) is 0.929. The number of hydrogen-bond acceptors (Lipinski definition) is 3. The maximum atomic E-state index is 12.8. The highest BCUT2D eigenvalue weighted by Crippen LogP contribution is 2.18. The van der Waals surface area contributed by atoms with Crippen LogP contribution < -0.4 is 10.9 Å². The third kappa shape index (κ3) is 3.25. The van der Waals surface area contributed by atoms with E-state index in [1.54, 1.807) is 18.3 Å². The molecule has 0 aliphatic heterocycles. The monoisotopic (exact) mass is 339 g/mol. The van der Waals surface area contributed by atoms with Gasteiger partial charge in [0.1, 0.15) is 10.3 Å². The number of nitrogens with one attached hydrogen (secondary N) is 1. The van der Waals surface area contributed by atoms with Crippen molar-refractivity contribution in [3.05, 3.63) is 56.7 Å². The zero-order valence-electron chi connectivity index (χ0n) is 11.2. The lowest BCUT2D eigenvalue weighted by molar-refractivity contribution is 0.501. The van der Waals surface area contributed by atoms with Gasteiger partial charge in [0.15, 0.2) is 0 Å². The van der Waals surface area contributed by atoms with E-state index in [-0.39, 0.29) is 17.4 Å². The predicted octanol–water partition coefficient (Wildman–Crippen LogP) is 3.34. The number of benzene rings is 1. The predicted molar refractivity (Wildman–Crippen MR) is 80.3 cm³/mol. The molecule has 6 heteroatoms. The highest BCUT2D eigenvalue weighted by atomic mass is 79.9. The highest BCUT2D eigenvalue weighted by Gasteiger charge is 2.10. The Morgan fingerprint density at radius 3 is 2.60 bits per heavy atom. The molecule has 1 heterocycles. The molecule has 0 saturated carbocycles. The molecule has 0 unspecified atom stereocenters. The van der Waals surface area contributed by atoms with Crippen LogP contribution in [0.3, 0.4) is 0 Å². The molecule has 20 heavy (non-hydrogen) atoms. The first-order valence-electron chi connectivity index (χ1n) is 6.24. The van der Waals surface area contributed by atoms with E-state index in [2.05, 4.69) is 26.3 Å². The van der Waals surface area contributed by atoms with E-state index in [4.69, 9.17) is 0 Å². The van der Waals surface area contributed by atoms with Crippen molar-refractivity contribution in [2.24, 2.45) is 0 Å². The topological polar surface area (TPSA) is 46.9 Å². The lowest BCUT2D eigenvalue weighted by Crippen LogP contribution is -2.26. The Morgan fingerprint density at radius 2 is 2.00 bits per heavy atom. The maximum absolute atomic E-state index is 12.8. The third-order valence-corrected chi connectivity index (χ3v) is 3.60. The molecule has 1 aromatic heterocycles. The van der Waals surface area contributed by atoms with Gasteiger partial charge in [-0.25, -0.2) is 9.07 Å². The molecule has 2 rings (SSSR count). The molecule has 0 fully saturated rings.